The number of unbranched alkanes of at least 4 members (excludes halogenated alkanes) is 30. The number of hydrogen-bond donors (Lipinski definition) is 0. The fraction of sp³-hybridized carbons (Fsp3) is 1.00. The summed E-state index contributed by atoms with van der Waals surface area (Å²) in [5.74, 6) is 0. The normalized spacial score (nSPS) is 19.6. The molecule has 0 unspecified atom stereocenters. The van der Waals surface area contributed by atoms with Crippen LogP contribution in [0.2, 0.25) is 0 Å². The van der Waals surface area contributed by atoms with Gasteiger partial charge in [-0.25, -0.2) is 0 Å². The molecule has 0 aromatic heterocycles. The van der Waals surface area contributed by atoms with Crippen LogP contribution in [-0.2, 0) is 0 Å². The largest absolute Gasteiger partial charge is 1.00 e. The zero-order valence-corrected chi connectivity index (χ0v) is 35.7. The molecule has 1 rings (SSSR count). The summed E-state index contributed by atoms with van der Waals surface area (Å²) in [7, 11) is 5.12. The van der Waals surface area contributed by atoms with Crippen LogP contribution in [0.25, 0.3) is 0 Å². The average Bonchev–Trinajstić information content (AvgIpc) is 3.02. The fourth-order valence-corrected chi connectivity index (χ4v) is 7.72. The second-order valence-electron chi connectivity index (χ2n) is 16.2. The molecule has 0 saturated carbocycles. The van der Waals surface area contributed by atoms with Gasteiger partial charge in [0.1, 0.15) is 26.2 Å². The van der Waals surface area contributed by atoms with Gasteiger partial charge in [0.2, 0.25) is 0 Å². The Kier molecular flexibility index (Phi) is 38.0. The standard InChI is InChI=1S/C42H88N2.2BrH/c1-5-7-9-11-13-15-17-19-21-23-25-27-29-31-33-35-37-43(3)39-41-44(4,42-40-43)38-36-34-32-30-28-26-24-22-20-18-16-14-12-10-8-6-2;;/h5-42H2,1-4H3;2*1H/q+2;;/p-2. The van der Waals surface area contributed by atoms with Crippen molar-refractivity contribution in [1.82, 2.24) is 0 Å². The number of rotatable bonds is 34. The molecule has 0 aromatic rings. The summed E-state index contributed by atoms with van der Waals surface area (Å²) < 4.78 is 2.71. The smallest absolute Gasteiger partial charge is 0.128 e. The number of hydrogen-bond acceptors (Lipinski definition) is 0. The first-order chi connectivity index (χ1) is 21.5. The molecule has 2 nitrogen and oxygen atoms in total. The zero-order chi connectivity index (χ0) is 31.9. The predicted molar refractivity (Wildman–Crippen MR) is 201 cm³/mol. The van der Waals surface area contributed by atoms with Gasteiger partial charge in [-0.3, -0.25) is 0 Å². The Morgan fingerprint density at radius 1 is 0.261 bits per heavy atom. The minimum Gasteiger partial charge on any atom is -1.00 e. The number of likely N-dealkylation sites (N-methyl/N-ethyl adjacent to an activating group) is 2. The average molecular weight is 781 g/mol. The summed E-state index contributed by atoms with van der Waals surface area (Å²) >= 11 is 0. The lowest BCUT2D eigenvalue weighted by atomic mass is 10.0. The Hall–Kier alpha value is 0.880. The summed E-state index contributed by atoms with van der Waals surface area (Å²) in [6, 6.07) is 0. The second-order valence-corrected chi connectivity index (χ2v) is 16.2. The fourth-order valence-electron chi connectivity index (χ4n) is 7.72. The van der Waals surface area contributed by atoms with Gasteiger partial charge in [0.25, 0.3) is 0 Å². The molecular weight excluding hydrogens is 692 g/mol. The molecule has 280 valence electrons. The molecule has 4 heteroatoms. The minimum atomic E-state index is 0. The Labute approximate surface area is 314 Å². The molecule has 0 radical (unpaired) electrons. The van der Waals surface area contributed by atoms with Crippen LogP contribution in [0, 0.1) is 0 Å². The van der Waals surface area contributed by atoms with E-state index < -0.39 is 0 Å². The Morgan fingerprint density at radius 2 is 0.413 bits per heavy atom. The summed E-state index contributed by atoms with van der Waals surface area (Å²) in [6.45, 7) is 13.1. The van der Waals surface area contributed by atoms with E-state index >= 15 is 0 Å². The Morgan fingerprint density at radius 3 is 0.587 bits per heavy atom. The van der Waals surface area contributed by atoms with Gasteiger partial charge in [-0.05, 0) is 25.7 Å². The first-order valence-electron chi connectivity index (χ1n) is 21.2. The minimum absolute atomic E-state index is 0. The quantitative estimate of drug-likeness (QED) is 0.0472. The number of piperazine rings is 1. The molecule has 1 heterocycles. The van der Waals surface area contributed by atoms with E-state index in [1.54, 1.807) is 0 Å². The molecular formula is C42H88Br2N2. The zero-order valence-electron chi connectivity index (χ0n) is 32.5. The third kappa shape index (κ3) is 30.9. The van der Waals surface area contributed by atoms with E-state index in [0.29, 0.717) is 0 Å². The van der Waals surface area contributed by atoms with Gasteiger partial charge in [-0.2, -0.15) is 0 Å². The maximum absolute atomic E-state index is 2.56. The van der Waals surface area contributed by atoms with Gasteiger partial charge in [-0.15, -0.1) is 0 Å². The van der Waals surface area contributed by atoms with Crippen molar-refractivity contribution >= 4 is 0 Å². The van der Waals surface area contributed by atoms with Crippen LogP contribution in [0.3, 0.4) is 0 Å². The highest BCUT2D eigenvalue weighted by Crippen LogP contribution is 2.20. The van der Waals surface area contributed by atoms with Gasteiger partial charge >= 0.3 is 0 Å². The van der Waals surface area contributed by atoms with Crippen LogP contribution in [-0.4, -0.2) is 62.3 Å². The lowest BCUT2D eigenvalue weighted by Gasteiger charge is -2.46. The van der Waals surface area contributed by atoms with E-state index in [9.17, 15) is 0 Å². The van der Waals surface area contributed by atoms with Crippen LogP contribution in [0.5, 0.6) is 0 Å². The van der Waals surface area contributed by atoms with Crippen molar-refractivity contribution in [2.24, 2.45) is 0 Å². The van der Waals surface area contributed by atoms with E-state index in [0.717, 1.165) is 0 Å². The summed E-state index contributed by atoms with van der Waals surface area (Å²) in [5, 5.41) is 0. The molecule has 0 aromatic carbocycles. The van der Waals surface area contributed by atoms with Crippen LogP contribution in [0.1, 0.15) is 219 Å². The summed E-state index contributed by atoms with van der Waals surface area (Å²) in [6.07, 6.45) is 47.1. The monoisotopic (exact) mass is 779 g/mol. The van der Waals surface area contributed by atoms with Crippen molar-refractivity contribution in [3.05, 3.63) is 0 Å². The van der Waals surface area contributed by atoms with Gasteiger partial charge in [-0.1, -0.05) is 194 Å². The van der Waals surface area contributed by atoms with Crippen LogP contribution in [0.4, 0.5) is 0 Å². The van der Waals surface area contributed by atoms with Crippen molar-refractivity contribution in [3.8, 4) is 0 Å². The van der Waals surface area contributed by atoms with Crippen molar-refractivity contribution in [1.29, 1.82) is 0 Å². The topological polar surface area (TPSA) is 0 Å². The number of quaternary nitrogens is 2. The molecule has 0 N–H and O–H groups in total. The van der Waals surface area contributed by atoms with Gasteiger partial charge in [0.15, 0.2) is 0 Å². The highest BCUT2D eigenvalue weighted by Gasteiger charge is 2.36. The lowest BCUT2D eigenvalue weighted by molar-refractivity contribution is -1.02. The van der Waals surface area contributed by atoms with E-state index in [2.05, 4.69) is 27.9 Å². The third-order valence-corrected chi connectivity index (χ3v) is 11.5. The van der Waals surface area contributed by atoms with Gasteiger partial charge < -0.3 is 42.9 Å². The summed E-state index contributed by atoms with van der Waals surface area (Å²) in [5.41, 5.74) is 0. The van der Waals surface area contributed by atoms with Crippen LogP contribution >= 0.6 is 0 Å². The summed E-state index contributed by atoms with van der Waals surface area (Å²) in [4.78, 5) is 0. The highest BCUT2D eigenvalue weighted by molar-refractivity contribution is 4.55. The second kappa shape index (κ2) is 35.7. The predicted octanol–water partition coefficient (Wildman–Crippen LogP) is 7.42. The molecule has 46 heavy (non-hydrogen) atoms. The van der Waals surface area contributed by atoms with E-state index in [4.69, 9.17) is 0 Å². The van der Waals surface area contributed by atoms with Crippen LogP contribution < -0.4 is 34.0 Å². The molecule has 0 aliphatic carbocycles. The maximum Gasteiger partial charge on any atom is 0.128 e. The SMILES string of the molecule is CCCCCCCCCCCCCCCCCC[N+]1(C)CC[N+](C)(CCCCCCCCCCCCCCCCCC)CC1.[Br-].[Br-]. The molecule has 1 fully saturated rings. The first kappa shape index (κ1) is 49.0. The molecule has 0 atom stereocenters. The Balaban J connectivity index is 0. The molecule has 0 bridgehead atoms. The van der Waals surface area contributed by atoms with E-state index in [-0.39, 0.29) is 34.0 Å². The molecule has 0 spiro atoms. The highest BCUT2D eigenvalue weighted by atomic mass is 79.9. The molecule has 0 amide bonds. The lowest BCUT2D eigenvalue weighted by Crippen LogP contribution is -3.00. The van der Waals surface area contributed by atoms with Gasteiger partial charge in [0, 0.05) is 0 Å². The van der Waals surface area contributed by atoms with Crippen molar-refractivity contribution in [2.75, 3.05) is 53.4 Å². The van der Waals surface area contributed by atoms with Crippen LogP contribution in [0.15, 0.2) is 0 Å². The Bertz CT molecular complexity index is 526. The van der Waals surface area contributed by atoms with Crippen molar-refractivity contribution in [2.45, 2.75) is 219 Å². The van der Waals surface area contributed by atoms with Gasteiger partial charge in [0.05, 0.1) is 27.2 Å². The molecule has 1 aliphatic heterocycles. The van der Waals surface area contributed by atoms with Crippen molar-refractivity contribution in [3.63, 3.8) is 0 Å². The first-order valence-corrected chi connectivity index (χ1v) is 21.2. The molecule has 1 saturated heterocycles. The van der Waals surface area contributed by atoms with E-state index in [1.165, 1.54) is 254 Å². The van der Waals surface area contributed by atoms with E-state index in [1.807, 2.05) is 0 Å². The maximum atomic E-state index is 2.56. The third-order valence-electron chi connectivity index (χ3n) is 11.5. The molecule has 1 aliphatic rings. The van der Waals surface area contributed by atoms with Crippen molar-refractivity contribution < 1.29 is 42.9 Å². The number of nitrogens with zero attached hydrogens (tertiary/aromatic N) is 2. The number of halogens is 2.